The summed E-state index contributed by atoms with van der Waals surface area (Å²) in [5, 5.41) is 15.6. The van der Waals surface area contributed by atoms with Crippen molar-refractivity contribution in [3.63, 3.8) is 0 Å². The van der Waals surface area contributed by atoms with Gasteiger partial charge in [0, 0.05) is 12.6 Å². The molecule has 1 aliphatic rings. The zero-order chi connectivity index (χ0) is 11.5. The number of hydrogen-bond donors (Lipinski definition) is 2. The lowest BCUT2D eigenvalue weighted by Crippen LogP contribution is -2.39. The van der Waals surface area contributed by atoms with Gasteiger partial charge in [0.05, 0.1) is 11.8 Å². The minimum Gasteiger partial charge on any atom is -0.384 e. The first kappa shape index (κ1) is 10.9. The predicted octanol–water partition coefficient (Wildman–Crippen LogP) is 1.14. The van der Waals surface area contributed by atoms with Gasteiger partial charge in [0.2, 0.25) is 0 Å². The topological polar surface area (TPSA) is 78.9 Å². The van der Waals surface area contributed by atoms with Gasteiger partial charge in [-0.2, -0.15) is 5.10 Å². The summed E-state index contributed by atoms with van der Waals surface area (Å²) in [4.78, 5) is 2.20. The van der Waals surface area contributed by atoms with E-state index in [9.17, 15) is 0 Å². The fourth-order valence-electron chi connectivity index (χ4n) is 2.16. The van der Waals surface area contributed by atoms with E-state index in [0.717, 1.165) is 25.2 Å². The van der Waals surface area contributed by atoms with Crippen molar-refractivity contribution in [3.05, 3.63) is 17.8 Å². The Kier molecular flexibility index (Phi) is 3.03. The second kappa shape index (κ2) is 4.47. The van der Waals surface area contributed by atoms with E-state index in [1.165, 1.54) is 6.42 Å². The van der Waals surface area contributed by atoms with Crippen LogP contribution in [0.25, 0.3) is 0 Å². The number of nitrogens with two attached hydrogens (primary N) is 1. The van der Waals surface area contributed by atoms with Gasteiger partial charge in [-0.15, -0.1) is 5.10 Å². The van der Waals surface area contributed by atoms with Crippen molar-refractivity contribution in [2.75, 3.05) is 11.4 Å². The van der Waals surface area contributed by atoms with Gasteiger partial charge in [-0.25, -0.2) is 0 Å². The smallest absolute Gasteiger partial charge is 0.162 e. The van der Waals surface area contributed by atoms with E-state index in [1.54, 1.807) is 12.3 Å². The van der Waals surface area contributed by atoms with Crippen molar-refractivity contribution in [2.24, 2.45) is 5.73 Å². The Balaban J connectivity index is 2.34. The molecular weight excluding hydrogens is 202 g/mol. The second-order valence-corrected chi connectivity index (χ2v) is 4.22. The summed E-state index contributed by atoms with van der Waals surface area (Å²) < 4.78 is 0. The third kappa shape index (κ3) is 1.98. The van der Waals surface area contributed by atoms with Crippen LogP contribution in [0.5, 0.6) is 0 Å². The normalized spacial score (nSPS) is 20.8. The fraction of sp³-hybridized carbons (Fsp3) is 0.545. The Morgan fingerprint density at radius 1 is 1.56 bits per heavy atom. The van der Waals surface area contributed by atoms with Crippen molar-refractivity contribution in [1.29, 1.82) is 5.41 Å². The molecule has 1 aromatic rings. The first-order valence-electron chi connectivity index (χ1n) is 5.63. The Morgan fingerprint density at radius 2 is 2.38 bits per heavy atom. The van der Waals surface area contributed by atoms with Crippen LogP contribution in [0, 0.1) is 5.41 Å². The molecule has 16 heavy (non-hydrogen) atoms. The van der Waals surface area contributed by atoms with Gasteiger partial charge in [-0.1, -0.05) is 0 Å². The summed E-state index contributed by atoms with van der Waals surface area (Å²) in [6, 6.07) is 2.20. The number of rotatable bonds is 2. The molecule has 0 bridgehead atoms. The third-order valence-electron chi connectivity index (χ3n) is 3.07. The highest BCUT2D eigenvalue weighted by atomic mass is 15.3. The van der Waals surface area contributed by atoms with Crippen LogP contribution in [-0.2, 0) is 0 Å². The Morgan fingerprint density at radius 3 is 3.06 bits per heavy atom. The first-order chi connectivity index (χ1) is 7.70. The van der Waals surface area contributed by atoms with E-state index < -0.39 is 0 Å². The average molecular weight is 219 g/mol. The number of anilines is 1. The summed E-state index contributed by atoms with van der Waals surface area (Å²) in [7, 11) is 0. The monoisotopic (exact) mass is 219 g/mol. The standard InChI is InChI=1S/C11H17N5/c1-8-4-2-3-7-16(8)11-9(10(12)13)5-6-14-15-11/h5-6,8H,2-4,7H2,1H3,(H3,12,13). The van der Waals surface area contributed by atoms with Gasteiger partial charge in [0.25, 0.3) is 0 Å². The van der Waals surface area contributed by atoms with Crippen LogP contribution in [-0.4, -0.2) is 28.6 Å². The van der Waals surface area contributed by atoms with Gasteiger partial charge in [-0.3, -0.25) is 5.41 Å². The molecule has 86 valence electrons. The highest BCUT2D eigenvalue weighted by molar-refractivity contribution is 5.99. The maximum atomic E-state index is 7.54. The van der Waals surface area contributed by atoms with E-state index in [2.05, 4.69) is 22.0 Å². The molecule has 2 heterocycles. The summed E-state index contributed by atoms with van der Waals surface area (Å²) in [6.07, 6.45) is 5.16. The Labute approximate surface area is 95.2 Å². The van der Waals surface area contributed by atoms with Gasteiger partial charge >= 0.3 is 0 Å². The van der Waals surface area contributed by atoms with Crippen molar-refractivity contribution in [1.82, 2.24) is 10.2 Å². The summed E-state index contributed by atoms with van der Waals surface area (Å²) in [5.74, 6) is 0.810. The molecular formula is C11H17N5. The fourth-order valence-corrected chi connectivity index (χ4v) is 2.16. The number of nitrogens with zero attached hydrogens (tertiary/aromatic N) is 3. The summed E-state index contributed by atoms with van der Waals surface area (Å²) in [6.45, 7) is 3.15. The second-order valence-electron chi connectivity index (χ2n) is 4.22. The summed E-state index contributed by atoms with van der Waals surface area (Å²) >= 11 is 0. The molecule has 1 unspecified atom stereocenters. The molecule has 0 saturated carbocycles. The molecule has 0 spiro atoms. The van der Waals surface area contributed by atoms with Crippen LogP contribution in [0.4, 0.5) is 5.82 Å². The van der Waals surface area contributed by atoms with Gasteiger partial charge < -0.3 is 10.6 Å². The molecule has 1 saturated heterocycles. The maximum Gasteiger partial charge on any atom is 0.162 e. The summed E-state index contributed by atoms with van der Waals surface area (Å²) in [5.41, 5.74) is 6.24. The van der Waals surface area contributed by atoms with Crippen molar-refractivity contribution >= 4 is 11.7 Å². The minimum atomic E-state index is 0.0580. The van der Waals surface area contributed by atoms with Crippen molar-refractivity contribution in [3.8, 4) is 0 Å². The lowest BCUT2D eigenvalue weighted by molar-refractivity contribution is 0.479. The van der Waals surface area contributed by atoms with E-state index in [0.29, 0.717) is 11.6 Å². The van der Waals surface area contributed by atoms with E-state index in [4.69, 9.17) is 11.1 Å². The molecule has 3 N–H and O–H groups in total. The van der Waals surface area contributed by atoms with E-state index >= 15 is 0 Å². The lowest BCUT2D eigenvalue weighted by Gasteiger charge is -2.34. The largest absolute Gasteiger partial charge is 0.384 e. The predicted molar refractivity (Wildman–Crippen MR) is 63.7 cm³/mol. The molecule has 1 aliphatic heterocycles. The van der Waals surface area contributed by atoms with Crippen LogP contribution in [0.2, 0.25) is 0 Å². The number of nitrogens with one attached hydrogen (secondary N) is 1. The molecule has 1 fully saturated rings. The molecule has 0 aromatic carbocycles. The quantitative estimate of drug-likeness (QED) is 0.577. The molecule has 5 nitrogen and oxygen atoms in total. The van der Waals surface area contributed by atoms with Gasteiger partial charge in [0.15, 0.2) is 5.82 Å². The van der Waals surface area contributed by atoms with Gasteiger partial charge in [-0.05, 0) is 32.3 Å². The average Bonchev–Trinajstić information content (AvgIpc) is 2.29. The molecule has 1 aromatic heterocycles. The SMILES string of the molecule is CC1CCCCN1c1nnccc1C(=N)N. The Bertz CT molecular complexity index is 390. The Hall–Kier alpha value is -1.65. The zero-order valence-electron chi connectivity index (χ0n) is 9.48. The highest BCUT2D eigenvalue weighted by Gasteiger charge is 2.22. The first-order valence-corrected chi connectivity index (χ1v) is 5.63. The van der Waals surface area contributed by atoms with Crippen LogP contribution in [0.1, 0.15) is 31.7 Å². The number of amidine groups is 1. The van der Waals surface area contributed by atoms with Crippen LogP contribution >= 0.6 is 0 Å². The van der Waals surface area contributed by atoms with Crippen molar-refractivity contribution in [2.45, 2.75) is 32.2 Å². The zero-order valence-corrected chi connectivity index (χ0v) is 9.48. The minimum absolute atomic E-state index is 0.0580. The molecule has 2 rings (SSSR count). The molecule has 0 amide bonds. The maximum absolute atomic E-state index is 7.54. The lowest BCUT2D eigenvalue weighted by atomic mass is 10.0. The number of nitrogen functional groups attached to an aromatic ring is 1. The third-order valence-corrected chi connectivity index (χ3v) is 3.07. The number of hydrogen-bond acceptors (Lipinski definition) is 4. The van der Waals surface area contributed by atoms with E-state index in [-0.39, 0.29) is 5.84 Å². The molecule has 0 radical (unpaired) electrons. The number of piperidine rings is 1. The van der Waals surface area contributed by atoms with E-state index in [1.807, 2.05) is 0 Å². The van der Waals surface area contributed by atoms with Crippen LogP contribution < -0.4 is 10.6 Å². The molecule has 5 heteroatoms. The molecule has 1 atom stereocenters. The van der Waals surface area contributed by atoms with Crippen LogP contribution in [0.3, 0.4) is 0 Å². The molecule has 0 aliphatic carbocycles. The van der Waals surface area contributed by atoms with Crippen LogP contribution in [0.15, 0.2) is 12.3 Å². The number of aromatic nitrogens is 2. The van der Waals surface area contributed by atoms with Crippen molar-refractivity contribution < 1.29 is 0 Å². The van der Waals surface area contributed by atoms with Gasteiger partial charge in [0.1, 0.15) is 5.84 Å². The highest BCUT2D eigenvalue weighted by Crippen LogP contribution is 2.24.